The van der Waals surface area contributed by atoms with Crippen molar-refractivity contribution in [2.75, 3.05) is 13.2 Å². The molecule has 6 rings (SSSR count). The number of carbonyl (C=O) groups excluding carboxylic acids is 2. The van der Waals surface area contributed by atoms with Gasteiger partial charge >= 0.3 is 11.9 Å². The van der Waals surface area contributed by atoms with Crippen molar-refractivity contribution < 1.29 is 33.3 Å². The van der Waals surface area contributed by atoms with Gasteiger partial charge in [-0.1, -0.05) is 69.2 Å². The second kappa shape index (κ2) is 16.9. The van der Waals surface area contributed by atoms with Gasteiger partial charge in [0.1, 0.15) is 0 Å². The average Bonchev–Trinajstić information content (AvgIpc) is 3.88. The normalized spacial score (nSPS) is 33.9. The Hall–Kier alpha value is -1.18. The molecular weight excluding hydrogens is 604 g/mol. The molecule has 7 heteroatoms. The van der Waals surface area contributed by atoms with E-state index in [-0.39, 0.29) is 28.7 Å². The highest BCUT2D eigenvalue weighted by atomic mass is 16.6. The molecule has 0 aromatic heterocycles. The summed E-state index contributed by atoms with van der Waals surface area (Å²) in [6, 6.07) is 0. The minimum absolute atomic E-state index is 0.00138. The molecular formula is C41H72O7. The van der Waals surface area contributed by atoms with Crippen molar-refractivity contribution in [3.63, 3.8) is 0 Å². The van der Waals surface area contributed by atoms with E-state index in [1.165, 1.54) is 32.1 Å². The summed E-state index contributed by atoms with van der Waals surface area (Å²) < 4.78 is 27.3. The minimum Gasteiger partial charge on any atom is -0.465 e. The molecule has 0 amide bonds. The highest BCUT2D eigenvalue weighted by Gasteiger charge is 2.45. The summed E-state index contributed by atoms with van der Waals surface area (Å²) >= 11 is 0. The lowest BCUT2D eigenvalue weighted by molar-refractivity contribution is -0.150. The van der Waals surface area contributed by atoms with Crippen molar-refractivity contribution in [3.05, 3.63) is 0 Å². The van der Waals surface area contributed by atoms with E-state index in [9.17, 15) is 9.59 Å². The molecule has 48 heavy (non-hydrogen) atoms. The molecule has 10 atom stereocenters. The van der Waals surface area contributed by atoms with Gasteiger partial charge in [0.05, 0.1) is 55.8 Å². The van der Waals surface area contributed by atoms with Gasteiger partial charge in [-0.25, -0.2) is 0 Å². The topological polar surface area (TPSA) is 90.2 Å². The molecule has 3 saturated heterocycles. The van der Waals surface area contributed by atoms with Crippen LogP contribution in [-0.2, 0) is 33.3 Å². The van der Waals surface area contributed by atoms with E-state index in [1.807, 2.05) is 6.92 Å². The number of fused-ring (bicyclic) bond motifs is 3. The third kappa shape index (κ3) is 15.4. The first-order chi connectivity index (χ1) is 22.3. The van der Waals surface area contributed by atoms with Crippen LogP contribution in [0.2, 0.25) is 0 Å². The standard InChI is InChI=1S/C15H26O3.C14H24O3.C12H22O/c1-10(8-15(2,3)4)14(16)17-9-11-5-6-12-13(7-11)18-12;1-14(2,3)7-6-13(15)16-9-10-4-5-11-12(8-10)17-11;1-12(2,3)7-6-9-4-5-10-11(8-9)13-10/h10-13H,5-9H2,1-4H3;10-12H,4-9H2,1-3H3;9-11H,4-8H2,1-3H3. The zero-order valence-corrected chi connectivity index (χ0v) is 32.4. The molecule has 3 aliphatic heterocycles. The zero-order valence-electron chi connectivity index (χ0n) is 32.4. The molecule has 0 N–H and O–H groups in total. The Kier molecular flexibility index (Phi) is 13.9. The highest BCUT2D eigenvalue weighted by molar-refractivity contribution is 5.72. The van der Waals surface area contributed by atoms with Gasteiger partial charge in [-0.3, -0.25) is 9.59 Å². The van der Waals surface area contributed by atoms with Crippen LogP contribution in [0.3, 0.4) is 0 Å². The summed E-state index contributed by atoms with van der Waals surface area (Å²) in [6.45, 7) is 23.1. The summed E-state index contributed by atoms with van der Waals surface area (Å²) in [4.78, 5) is 23.5. The molecule has 0 radical (unpaired) electrons. The molecule has 0 spiro atoms. The van der Waals surface area contributed by atoms with Crippen LogP contribution >= 0.6 is 0 Å². The summed E-state index contributed by atoms with van der Waals surface area (Å²) in [5.41, 5.74) is 0.901. The molecule has 278 valence electrons. The molecule has 0 bridgehead atoms. The predicted octanol–water partition coefficient (Wildman–Crippen LogP) is 9.47. The Morgan fingerprint density at radius 3 is 1.46 bits per heavy atom. The van der Waals surface area contributed by atoms with E-state index in [0.29, 0.717) is 73.5 Å². The molecule has 10 unspecified atom stereocenters. The van der Waals surface area contributed by atoms with E-state index in [4.69, 9.17) is 23.7 Å². The third-order valence-electron chi connectivity index (χ3n) is 11.0. The number of hydrogen-bond donors (Lipinski definition) is 0. The van der Waals surface area contributed by atoms with E-state index in [1.54, 1.807) is 0 Å². The van der Waals surface area contributed by atoms with Crippen LogP contribution in [0.15, 0.2) is 0 Å². The summed E-state index contributed by atoms with van der Waals surface area (Å²) in [5.74, 6) is 1.92. The van der Waals surface area contributed by atoms with Gasteiger partial charge in [0.2, 0.25) is 0 Å². The van der Waals surface area contributed by atoms with Gasteiger partial charge in [-0.15, -0.1) is 0 Å². The van der Waals surface area contributed by atoms with Crippen molar-refractivity contribution in [3.8, 4) is 0 Å². The lowest BCUT2D eigenvalue weighted by atomic mass is 9.81. The van der Waals surface area contributed by atoms with Crippen molar-refractivity contribution in [2.45, 2.75) is 196 Å². The largest absolute Gasteiger partial charge is 0.465 e. The fourth-order valence-corrected chi connectivity index (χ4v) is 7.77. The average molecular weight is 677 g/mol. The molecule has 7 nitrogen and oxygen atoms in total. The number of carbonyl (C=O) groups is 2. The molecule has 6 aliphatic rings. The third-order valence-corrected chi connectivity index (χ3v) is 11.0. The van der Waals surface area contributed by atoms with E-state index in [0.717, 1.165) is 57.3 Å². The number of rotatable bonds is 10. The summed E-state index contributed by atoms with van der Waals surface area (Å²) in [6.07, 6.45) is 19.3. The number of ether oxygens (including phenoxy) is 5. The Morgan fingerprint density at radius 1 is 0.583 bits per heavy atom. The van der Waals surface area contributed by atoms with Gasteiger partial charge in [-0.2, -0.15) is 0 Å². The maximum absolute atomic E-state index is 11.9. The van der Waals surface area contributed by atoms with Crippen molar-refractivity contribution in [2.24, 2.45) is 39.9 Å². The molecule has 3 aliphatic carbocycles. The molecule has 6 fully saturated rings. The Morgan fingerprint density at radius 2 is 1.02 bits per heavy atom. The molecule has 0 aromatic rings. The minimum atomic E-state index is -0.0428. The van der Waals surface area contributed by atoms with Gasteiger partial charge in [-0.05, 0) is 117 Å². The van der Waals surface area contributed by atoms with E-state index in [2.05, 4.69) is 62.3 Å². The van der Waals surface area contributed by atoms with Crippen LogP contribution in [-0.4, -0.2) is 61.8 Å². The van der Waals surface area contributed by atoms with Crippen LogP contribution in [0.1, 0.15) is 159 Å². The van der Waals surface area contributed by atoms with Gasteiger partial charge in [0.15, 0.2) is 0 Å². The summed E-state index contributed by atoms with van der Waals surface area (Å²) in [7, 11) is 0. The Balaban J connectivity index is 0.000000165. The Bertz CT molecular complexity index is 1020. The first kappa shape index (κ1) is 39.6. The van der Waals surface area contributed by atoms with Gasteiger partial charge in [0.25, 0.3) is 0 Å². The first-order valence-corrected chi connectivity index (χ1v) is 19.6. The maximum atomic E-state index is 11.9. The van der Waals surface area contributed by atoms with Gasteiger partial charge < -0.3 is 23.7 Å². The number of esters is 2. The monoisotopic (exact) mass is 677 g/mol. The Labute approximate surface area is 293 Å². The van der Waals surface area contributed by atoms with Crippen molar-refractivity contribution in [1.82, 2.24) is 0 Å². The van der Waals surface area contributed by atoms with Crippen LogP contribution in [0, 0.1) is 39.9 Å². The molecule has 3 saturated carbocycles. The molecule has 0 aromatic carbocycles. The summed E-state index contributed by atoms with van der Waals surface area (Å²) in [5, 5.41) is 0. The van der Waals surface area contributed by atoms with Gasteiger partial charge in [0, 0.05) is 6.42 Å². The van der Waals surface area contributed by atoms with Crippen LogP contribution < -0.4 is 0 Å². The van der Waals surface area contributed by atoms with E-state index < -0.39 is 0 Å². The van der Waals surface area contributed by atoms with Crippen LogP contribution in [0.4, 0.5) is 0 Å². The number of epoxide rings is 3. The van der Waals surface area contributed by atoms with Crippen LogP contribution in [0.5, 0.6) is 0 Å². The molecule has 3 heterocycles. The maximum Gasteiger partial charge on any atom is 0.308 e. The first-order valence-electron chi connectivity index (χ1n) is 19.6. The lowest BCUT2D eigenvalue weighted by Gasteiger charge is -2.24. The smallest absolute Gasteiger partial charge is 0.308 e. The fraction of sp³-hybridized carbons (Fsp3) is 0.951. The lowest BCUT2D eigenvalue weighted by Crippen LogP contribution is -2.25. The SMILES string of the molecule is CC(C)(C)CCC(=O)OCC1CCC2OC2C1.CC(C)(C)CCC1CCC2OC2C1.CC(CC(C)(C)C)C(=O)OCC1CCC2OC2C1. The van der Waals surface area contributed by atoms with E-state index >= 15 is 0 Å². The quantitative estimate of drug-likeness (QED) is 0.168. The highest BCUT2D eigenvalue weighted by Crippen LogP contribution is 2.42. The zero-order chi connectivity index (χ0) is 35.3. The predicted molar refractivity (Wildman–Crippen MR) is 191 cm³/mol. The second-order valence-corrected chi connectivity index (χ2v) is 19.8. The number of hydrogen-bond acceptors (Lipinski definition) is 7. The fourth-order valence-electron chi connectivity index (χ4n) is 7.77. The van der Waals surface area contributed by atoms with Crippen molar-refractivity contribution >= 4 is 11.9 Å². The second-order valence-electron chi connectivity index (χ2n) is 19.8. The van der Waals surface area contributed by atoms with Crippen LogP contribution in [0.25, 0.3) is 0 Å². The van der Waals surface area contributed by atoms with Crippen molar-refractivity contribution in [1.29, 1.82) is 0 Å².